The lowest BCUT2D eigenvalue weighted by molar-refractivity contribution is 0.250. The van der Waals surface area contributed by atoms with Crippen LogP contribution in [-0.4, -0.2) is 62.1 Å². The largest absolute Gasteiger partial charge is 0.313 e. The van der Waals surface area contributed by atoms with Crippen molar-refractivity contribution in [3.63, 3.8) is 0 Å². The predicted molar refractivity (Wildman–Crippen MR) is 87.0 cm³/mol. The molecule has 1 aliphatic heterocycles. The molecule has 6 heteroatoms. The Morgan fingerprint density at radius 1 is 1.25 bits per heavy atom. The normalized spacial score (nSPS) is 33.2. The van der Waals surface area contributed by atoms with Crippen molar-refractivity contribution in [2.24, 2.45) is 5.92 Å². The van der Waals surface area contributed by atoms with Crippen molar-refractivity contribution in [1.82, 2.24) is 10.2 Å². The van der Waals surface area contributed by atoms with Gasteiger partial charge in [0.2, 0.25) is 0 Å². The van der Waals surface area contributed by atoms with Crippen LogP contribution in [0.25, 0.3) is 0 Å². The Morgan fingerprint density at radius 2 is 1.95 bits per heavy atom. The number of hydrogen-bond acceptors (Lipinski definition) is 5. The van der Waals surface area contributed by atoms with Gasteiger partial charge in [-0.05, 0) is 31.6 Å². The van der Waals surface area contributed by atoms with Gasteiger partial charge in [0.05, 0.1) is 0 Å². The minimum absolute atomic E-state index is 0.283. The zero-order chi connectivity index (χ0) is 14.6. The van der Waals surface area contributed by atoms with Gasteiger partial charge in [-0.2, -0.15) is 11.8 Å². The number of nitrogens with one attached hydrogen (secondary N) is 1. The lowest BCUT2D eigenvalue weighted by Gasteiger charge is -2.35. The molecule has 0 aromatic carbocycles. The molecule has 1 saturated heterocycles. The molecule has 0 radical (unpaired) electrons. The molecular weight excluding hydrogens is 292 g/mol. The van der Waals surface area contributed by atoms with Crippen LogP contribution in [0.4, 0.5) is 0 Å². The van der Waals surface area contributed by atoms with Gasteiger partial charge >= 0.3 is 0 Å². The first-order chi connectivity index (χ1) is 9.47. The minimum atomic E-state index is -2.96. The van der Waals surface area contributed by atoms with Crippen molar-refractivity contribution < 1.29 is 8.42 Å². The zero-order valence-electron chi connectivity index (χ0n) is 12.7. The smallest absolute Gasteiger partial charge is 0.164 e. The molecule has 4 nitrogen and oxygen atoms in total. The Hall–Kier alpha value is 0.220. The van der Waals surface area contributed by atoms with Crippen LogP contribution in [0.2, 0.25) is 0 Å². The molecule has 0 aromatic rings. The Balaban J connectivity index is 1.74. The first kappa shape index (κ1) is 16.6. The summed E-state index contributed by atoms with van der Waals surface area (Å²) in [5, 5.41) is 3.34. The fourth-order valence-corrected chi connectivity index (χ4v) is 6.11. The summed E-state index contributed by atoms with van der Waals surface area (Å²) >= 11 is 1.75. The number of sulfone groups is 1. The lowest BCUT2D eigenvalue weighted by Crippen LogP contribution is -2.49. The predicted octanol–water partition coefficient (Wildman–Crippen LogP) is 1.57. The first-order valence-corrected chi connectivity index (χ1v) is 10.8. The van der Waals surface area contributed by atoms with Crippen molar-refractivity contribution in [3.05, 3.63) is 0 Å². The van der Waals surface area contributed by atoms with E-state index >= 15 is 0 Å². The molecule has 0 amide bonds. The monoisotopic (exact) mass is 320 g/mol. The fourth-order valence-electron chi connectivity index (χ4n) is 3.14. The maximum Gasteiger partial charge on any atom is 0.164 e. The summed E-state index contributed by atoms with van der Waals surface area (Å²) in [6, 6.07) is 0.641. The molecule has 2 rings (SSSR count). The number of nitrogens with zero attached hydrogens (tertiary/aromatic N) is 1. The van der Waals surface area contributed by atoms with Gasteiger partial charge in [0.15, 0.2) is 9.84 Å². The van der Waals surface area contributed by atoms with E-state index in [1.54, 1.807) is 11.8 Å². The van der Waals surface area contributed by atoms with Gasteiger partial charge in [-0.1, -0.05) is 6.92 Å². The fraction of sp³-hybridized carbons (Fsp3) is 1.00. The molecule has 20 heavy (non-hydrogen) atoms. The molecule has 1 saturated carbocycles. The Labute approximate surface area is 128 Å². The molecule has 1 unspecified atom stereocenters. The maximum absolute atomic E-state index is 11.8. The van der Waals surface area contributed by atoms with E-state index in [-0.39, 0.29) is 5.37 Å². The van der Waals surface area contributed by atoms with E-state index in [1.165, 1.54) is 31.9 Å². The minimum Gasteiger partial charge on any atom is -0.313 e. The van der Waals surface area contributed by atoms with E-state index in [0.717, 1.165) is 37.1 Å². The van der Waals surface area contributed by atoms with E-state index in [1.807, 2.05) is 0 Å². The second-order valence-electron chi connectivity index (χ2n) is 6.31. The second-order valence-corrected chi connectivity index (χ2v) is 9.66. The molecule has 1 N–H and O–H groups in total. The Kier molecular flexibility index (Phi) is 6.20. The zero-order valence-corrected chi connectivity index (χ0v) is 14.3. The third-order valence-corrected chi connectivity index (χ3v) is 7.22. The maximum atomic E-state index is 11.8. The van der Waals surface area contributed by atoms with Crippen molar-refractivity contribution in [3.8, 4) is 0 Å². The van der Waals surface area contributed by atoms with Gasteiger partial charge in [-0.25, -0.2) is 8.42 Å². The summed E-state index contributed by atoms with van der Waals surface area (Å²) in [6.07, 6.45) is 6.56. The van der Waals surface area contributed by atoms with Crippen molar-refractivity contribution >= 4 is 21.6 Å². The van der Waals surface area contributed by atoms with E-state index in [0.29, 0.717) is 6.04 Å². The van der Waals surface area contributed by atoms with Crippen LogP contribution in [0, 0.1) is 5.92 Å². The van der Waals surface area contributed by atoms with Gasteiger partial charge in [-0.15, -0.1) is 0 Å². The Bertz CT molecular complexity index is 392. The molecule has 1 heterocycles. The molecule has 1 atom stereocenters. The third kappa shape index (κ3) is 4.90. The van der Waals surface area contributed by atoms with E-state index in [9.17, 15) is 8.42 Å². The summed E-state index contributed by atoms with van der Waals surface area (Å²) in [5.74, 6) is 2.65. The van der Waals surface area contributed by atoms with Crippen molar-refractivity contribution in [2.45, 2.75) is 44.0 Å². The highest BCUT2D eigenvalue weighted by Gasteiger charge is 2.30. The molecule has 2 fully saturated rings. The highest BCUT2D eigenvalue weighted by Crippen LogP contribution is 2.23. The summed E-state index contributed by atoms with van der Waals surface area (Å²) in [5.41, 5.74) is 0. The van der Waals surface area contributed by atoms with E-state index in [2.05, 4.69) is 17.1 Å². The molecule has 0 spiro atoms. The van der Waals surface area contributed by atoms with Crippen LogP contribution in [0.5, 0.6) is 0 Å². The molecule has 2 aliphatic rings. The SMILES string of the molecule is CC1CCC(NCCN2CCSCC2S(C)(=O)=O)CC1. The van der Waals surface area contributed by atoms with E-state index in [4.69, 9.17) is 0 Å². The van der Waals surface area contributed by atoms with Crippen LogP contribution in [0.1, 0.15) is 32.6 Å². The lowest BCUT2D eigenvalue weighted by atomic mass is 9.87. The summed E-state index contributed by atoms with van der Waals surface area (Å²) in [4.78, 5) is 2.14. The van der Waals surface area contributed by atoms with Gasteiger partial charge in [0, 0.05) is 43.4 Å². The summed E-state index contributed by atoms with van der Waals surface area (Å²) in [6.45, 7) is 4.99. The van der Waals surface area contributed by atoms with Crippen LogP contribution >= 0.6 is 11.8 Å². The quantitative estimate of drug-likeness (QED) is 0.833. The third-order valence-electron chi connectivity index (χ3n) is 4.53. The first-order valence-electron chi connectivity index (χ1n) is 7.71. The van der Waals surface area contributed by atoms with Crippen molar-refractivity contribution in [1.29, 1.82) is 0 Å². The van der Waals surface area contributed by atoms with Crippen molar-refractivity contribution in [2.75, 3.05) is 37.4 Å². The van der Waals surface area contributed by atoms with Crippen LogP contribution in [0.15, 0.2) is 0 Å². The molecule has 1 aliphatic carbocycles. The highest BCUT2D eigenvalue weighted by molar-refractivity contribution is 8.00. The standard InChI is InChI=1S/C14H28N2O2S2/c1-12-3-5-13(6-4-12)15-7-8-16-9-10-19-11-14(16)20(2,17)18/h12-15H,3-11H2,1-2H3. The van der Waals surface area contributed by atoms with Gasteiger partial charge in [0.25, 0.3) is 0 Å². The van der Waals surface area contributed by atoms with Gasteiger partial charge in [-0.3, -0.25) is 4.90 Å². The molecule has 0 bridgehead atoms. The van der Waals surface area contributed by atoms with Crippen LogP contribution in [-0.2, 0) is 9.84 Å². The Morgan fingerprint density at radius 3 is 2.60 bits per heavy atom. The molecular formula is C14H28N2O2S2. The highest BCUT2D eigenvalue weighted by atomic mass is 32.2. The number of thioether (sulfide) groups is 1. The van der Waals surface area contributed by atoms with E-state index < -0.39 is 9.84 Å². The number of rotatable bonds is 5. The average Bonchev–Trinajstić information content (AvgIpc) is 2.40. The molecule has 118 valence electrons. The molecule has 0 aromatic heterocycles. The number of hydrogen-bond donors (Lipinski definition) is 1. The summed E-state index contributed by atoms with van der Waals surface area (Å²) in [7, 11) is -2.96. The van der Waals surface area contributed by atoms with Gasteiger partial charge in [0.1, 0.15) is 5.37 Å². The second kappa shape index (κ2) is 7.47. The topological polar surface area (TPSA) is 49.4 Å². The van der Waals surface area contributed by atoms with Gasteiger partial charge < -0.3 is 5.32 Å². The van der Waals surface area contributed by atoms with Crippen LogP contribution in [0.3, 0.4) is 0 Å². The average molecular weight is 321 g/mol. The van der Waals surface area contributed by atoms with Crippen LogP contribution < -0.4 is 5.32 Å². The summed E-state index contributed by atoms with van der Waals surface area (Å²) < 4.78 is 23.6.